The number of hydrogen-bond donors (Lipinski definition) is 0. The first kappa shape index (κ1) is 15.8. The van der Waals surface area contributed by atoms with Gasteiger partial charge in [0.2, 0.25) is 0 Å². The number of aryl methyl sites for hydroxylation is 1. The first-order valence-electron chi connectivity index (χ1n) is 8.21. The summed E-state index contributed by atoms with van der Waals surface area (Å²) in [6.45, 7) is 15.8. The van der Waals surface area contributed by atoms with Gasteiger partial charge in [0.15, 0.2) is 0 Å². The molecule has 0 spiro atoms. The molecule has 2 aliphatic heterocycles. The van der Waals surface area contributed by atoms with Crippen molar-refractivity contribution < 1.29 is 9.31 Å². The SMILES string of the molecule is Cc1cnc2c(c1)C(B1OC(C)(C)C(C)(C)O1)CN2C(C)C. The molecule has 0 saturated carbocycles. The van der Waals surface area contributed by atoms with Gasteiger partial charge in [-0.05, 0) is 59.6 Å². The molecule has 3 heterocycles. The normalized spacial score (nSPS) is 25.9. The lowest BCUT2D eigenvalue weighted by molar-refractivity contribution is 0.00578. The maximum absolute atomic E-state index is 6.30. The van der Waals surface area contributed by atoms with Crippen LogP contribution in [0.4, 0.5) is 5.82 Å². The molecule has 0 amide bonds. The third-order valence-corrected chi connectivity index (χ3v) is 5.32. The van der Waals surface area contributed by atoms with Gasteiger partial charge in [-0.3, -0.25) is 0 Å². The number of hydrogen-bond acceptors (Lipinski definition) is 4. The molecule has 5 heteroatoms. The van der Waals surface area contributed by atoms with Gasteiger partial charge in [-0.1, -0.05) is 6.07 Å². The summed E-state index contributed by atoms with van der Waals surface area (Å²) in [5.41, 5.74) is 1.86. The minimum Gasteiger partial charge on any atom is -0.403 e. The van der Waals surface area contributed by atoms with Crippen LogP contribution < -0.4 is 4.90 Å². The molecule has 1 saturated heterocycles. The van der Waals surface area contributed by atoms with Crippen LogP contribution in [-0.2, 0) is 9.31 Å². The Bertz CT molecular complexity index is 570. The van der Waals surface area contributed by atoms with Gasteiger partial charge in [-0.15, -0.1) is 0 Å². The quantitative estimate of drug-likeness (QED) is 0.785. The molecule has 0 radical (unpaired) electrons. The molecule has 1 fully saturated rings. The Morgan fingerprint density at radius 3 is 2.36 bits per heavy atom. The summed E-state index contributed by atoms with van der Waals surface area (Å²) < 4.78 is 12.6. The Kier molecular flexibility index (Phi) is 3.57. The Morgan fingerprint density at radius 1 is 1.23 bits per heavy atom. The van der Waals surface area contributed by atoms with Gasteiger partial charge in [0.1, 0.15) is 5.82 Å². The summed E-state index contributed by atoms with van der Waals surface area (Å²) in [5, 5.41) is 0. The summed E-state index contributed by atoms with van der Waals surface area (Å²) in [5.74, 6) is 1.30. The van der Waals surface area contributed by atoms with Crippen molar-refractivity contribution in [1.29, 1.82) is 0 Å². The Morgan fingerprint density at radius 2 is 1.82 bits per heavy atom. The highest BCUT2D eigenvalue weighted by molar-refractivity contribution is 6.48. The highest BCUT2D eigenvalue weighted by Crippen LogP contribution is 2.45. The average Bonchev–Trinajstić information content (AvgIpc) is 2.84. The van der Waals surface area contributed by atoms with E-state index in [1.54, 1.807) is 0 Å². The van der Waals surface area contributed by atoms with Gasteiger partial charge in [0, 0.05) is 24.6 Å². The fourth-order valence-corrected chi connectivity index (χ4v) is 3.24. The van der Waals surface area contributed by atoms with E-state index in [0.29, 0.717) is 6.04 Å². The zero-order valence-electron chi connectivity index (χ0n) is 14.8. The van der Waals surface area contributed by atoms with Crippen molar-refractivity contribution in [3.8, 4) is 0 Å². The van der Waals surface area contributed by atoms with Crippen molar-refractivity contribution in [3.63, 3.8) is 0 Å². The first-order valence-corrected chi connectivity index (χ1v) is 8.21. The van der Waals surface area contributed by atoms with Crippen LogP contribution >= 0.6 is 0 Å². The smallest absolute Gasteiger partial charge is 0.403 e. The molecule has 1 atom stereocenters. The topological polar surface area (TPSA) is 34.6 Å². The number of anilines is 1. The van der Waals surface area contributed by atoms with Crippen molar-refractivity contribution in [2.75, 3.05) is 11.4 Å². The number of pyridine rings is 1. The molecule has 0 aliphatic carbocycles. The number of nitrogens with zero attached hydrogens (tertiary/aromatic N) is 2. The maximum Gasteiger partial charge on any atom is 0.467 e. The highest BCUT2D eigenvalue weighted by Gasteiger charge is 2.56. The zero-order chi connectivity index (χ0) is 16.3. The van der Waals surface area contributed by atoms with Crippen LogP contribution in [0.5, 0.6) is 0 Å². The second-order valence-electron chi connectivity index (χ2n) is 7.90. The van der Waals surface area contributed by atoms with Crippen LogP contribution in [0.15, 0.2) is 12.3 Å². The zero-order valence-corrected chi connectivity index (χ0v) is 14.8. The molecule has 4 nitrogen and oxygen atoms in total. The minimum atomic E-state index is -0.291. The Hall–Kier alpha value is -1.07. The monoisotopic (exact) mass is 302 g/mol. The number of rotatable bonds is 2. The van der Waals surface area contributed by atoms with E-state index < -0.39 is 0 Å². The van der Waals surface area contributed by atoms with Gasteiger partial charge in [0.25, 0.3) is 0 Å². The molecule has 22 heavy (non-hydrogen) atoms. The van der Waals surface area contributed by atoms with E-state index in [1.807, 2.05) is 6.20 Å². The second-order valence-corrected chi connectivity index (χ2v) is 7.90. The molecule has 120 valence electrons. The molecule has 0 aromatic carbocycles. The minimum absolute atomic E-state index is 0.212. The van der Waals surface area contributed by atoms with Crippen LogP contribution in [0.1, 0.15) is 58.5 Å². The standard InChI is InChI=1S/C17H27BN2O2/c1-11(2)20-10-14(13-8-12(3)9-19-15(13)20)18-21-16(4,5)17(6,7)22-18/h8-9,11,14H,10H2,1-7H3. The summed E-state index contributed by atoms with van der Waals surface area (Å²) in [6.07, 6.45) is 1.95. The third kappa shape index (κ3) is 2.35. The molecule has 0 bridgehead atoms. The molecular weight excluding hydrogens is 275 g/mol. The fourth-order valence-electron chi connectivity index (χ4n) is 3.24. The van der Waals surface area contributed by atoms with E-state index in [0.717, 1.165) is 12.4 Å². The van der Waals surface area contributed by atoms with E-state index in [4.69, 9.17) is 9.31 Å². The van der Waals surface area contributed by atoms with Gasteiger partial charge in [-0.25, -0.2) is 4.98 Å². The van der Waals surface area contributed by atoms with Crippen molar-refractivity contribution >= 4 is 12.9 Å². The molecule has 1 aromatic heterocycles. The van der Waals surface area contributed by atoms with Crippen LogP contribution in [0, 0.1) is 6.92 Å². The number of fused-ring (bicyclic) bond motifs is 1. The van der Waals surface area contributed by atoms with Crippen molar-refractivity contribution in [3.05, 3.63) is 23.4 Å². The second kappa shape index (κ2) is 4.97. The summed E-state index contributed by atoms with van der Waals surface area (Å²) in [4.78, 5) is 7.02. The first-order chi connectivity index (χ1) is 10.1. The summed E-state index contributed by atoms with van der Waals surface area (Å²) in [6, 6.07) is 2.65. The van der Waals surface area contributed by atoms with Crippen LogP contribution in [0.25, 0.3) is 0 Å². The van der Waals surface area contributed by atoms with Gasteiger partial charge < -0.3 is 14.2 Å². The predicted molar refractivity (Wildman–Crippen MR) is 90.3 cm³/mol. The lowest BCUT2D eigenvalue weighted by atomic mass is 9.69. The lowest BCUT2D eigenvalue weighted by Crippen LogP contribution is -2.41. The van der Waals surface area contributed by atoms with E-state index in [9.17, 15) is 0 Å². The Labute approximate surface area is 134 Å². The largest absolute Gasteiger partial charge is 0.467 e. The van der Waals surface area contributed by atoms with Crippen LogP contribution in [0.3, 0.4) is 0 Å². The maximum atomic E-state index is 6.30. The fraction of sp³-hybridized carbons (Fsp3) is 0.706. The summed E-state index contributed by atoms with van der Waals surface area (Å²) >= 11 is 0. The van der Waals surface area contributed by atoms with Crippen molar-refractivity contribution in [1.82, 2.24) is 4.98 Å². The number of aromatic nitrogens is 1. The molecule has 1 unspecified atom stereocenters. The van der Waals surface area contributed by atoms with E-state index in [-0.39, 0.29) is 24.1 Å². The van der Waals surface area contributed by atoms with Crippen LogP contribution in [0.2, 0.25) is 0 Å². The van der Waals surface area contributed by atoms with Crippen LogP contribution in [-0.4, -0.2) is 35.9 Å². The van der Waals surface area contributed by atoms with E-state index in [2.05, 4.69) is 64.4 Å². The van der Waals surface area contributed by atoms with Crippen molar-refractivity contribution in [2.45, 2.75) is 71.5 Å². The van der Waals surface area contributed by atoms with Gasteiger partial charge in [-0.2, -0.15) is 0 Å². The van der Waals surface area contributed by atoms with E-state index in [1.165, 1.54) is 11.1 Å². The van der Waals surface area contributed by atoms with Gasteiger partial charge >= 0.3 is 7.12 Å². The molecule has 0 N–H and O–H groups in total. The summed E-state index contributed by atoms with van der Waals surface area (Å²) in [7, 11) is -0.212. The predicted octanol–water partition coefficient (Wildman–Crippen LogP) is 3.33. The molecule has 1 aromatic rings. The van der Waals surface area contributed by atoms with E-state index >= 15 is 0 Å². The highest BCUT2D eigenvalue weighted by atomic mass is 16.7. The lowest BCUT2D eigenvalue weighted by Gasteiger charge is -2.32. The molecular formula is C17H27BN2O2. The van der Waals surface area contributed by atoms with Crippen molar-refractivity contribution in [2.24, 2.45) is 0 Å². The average molecular weight is 302 g/mol. The molecule has 2 aliphatic rings. The van der Waals surface area contributed by atoms with Gasteiger partial charge in [0.05, 0.1) is 11.2 Å². The Balaban J connectivity index is 1.96. The third-order valence-electron chi connectivity index (χ3n) is 5.32. The molecule has 3 rings (SSSR count).